The molecule has 138 valence electrons. The summed E-state index contributed by atoms with van der Waals surface area (Å²) in [6.45, 7) is 4.28. The van der Waals surface area contributed by atoms with E-state index in [-0.39, 0.29) is 29.9 Å². The first-order valence-electron chi connectivity index (χ1n) is 8.62. The van der Waals surface area contributed by atoms with Gasteiger partial charge in [0.05, 0.1) is 33.8 Å². The second kappa shape index (κ2) is 6.15. The number of aromatic nitrogens is 1. The van der Waals surface area contributed by atoms with E-state index < -0.39 is 10.0 Å². The van der Waals surface area contributed by atoms with Crippen LogP contribution in [0.4, 0.5) is 0 Å². The molecule has 0 saturated carbocycles. The number of nitriles is 1. The molecular formula is C19H18N4O3S. The molecule has 2 aliphatic rings. The fraction of sp³-hybridized carbons (Fsp3) is 0.316. The lowest BCUT2D eigenvalue weighted by Crippen LogP contribution is -2.49. The Hall–Kier alpha value is -2.76. The van der Waals surface area contributed by atoms with Gasteiger partial charge >= 0.3 is 0 Å². The summed E-state index contributed by atoms with van der Waals surface area (Å²) in [6, 6.07) is 8.10. The molecule has 2 aliphatic heterocycles. The van der Waals surface area contributed by atoms with Crippen LogP contribution in [0.15, 0.2) is 35.4 Å². The van der Waals surface area contributed by atoms with Gasteiger partial charge < -0.3 is 4.90 Å². The molecule has 1 amide bonds. The summed E-state index contributed by atoms with van der Waals surface area (Å²) < 4.78 is 27.8. The maximum atomic E-state index is 13.2. The van der Waals surface area contributed by atoms with Gasteiger partial charge in [0, 0.05) is 25.8 Å². The van der Waals surface area contributed by atoms with Crippen molar-refractivity contribution in [3.63, 3.8) is 0 Å². The first-order chi connectivity index (χ1) is 12.8. The van der Waals surface area contributed by atoms with Crippen molar-refractivity contribution in [2.75, 3.05) is 19.6 Å². The Kier molecular flexibility index (Phi) is 4.02. The van der Waals surface area contributed by atoms with E-state index in [2.05, 4.69) is 4.98 Å². The Morgan fingerprint density at radius 1 is 1.22 bits per heavy atom. The van der Waals surface area contributed by atoms with Crippen molar-refractivity contribution in [2.24, 2.45) is 0 Å². The molecule has 1 atom stereocenters. The quantitative estimate of drug-likeness (QED) is 0.789. The molecule has 4 rings (SSSR count). The van der Waals surface area contributed by atoms with E-state index in [9.17, 15) is 13.2 Å². The summed E-state index contributed by atoms with van der Waals surface area (Å²) in [5.74, 6) is -0.0767. The lowest BCUT2D eigenvalue weighted by Gasteiger charge is -2.37. The zero-order valence-corrected chi connectivity index (χ0v) is 15.8. The molecular weight excluding hydrogens is 364 g/mol. The van der Waals surface area contributed by atoms with Crippen molar-refractivity contribution in [3.05, 3.63) is 58.4 Å². The average Bonchev–Trinajstić information content (AvgIpc) is 2.94. The zero-order chi connectivity index (χ0) is 19.3. The zero-order valence-electron chi connectivity index (χ0n) is 15.0. The van der Waals surface area contributed by atoms with E-state index in [0.29, 0.717) is 28.9 Å². The lowest BCUT2D eigenvalue weighted by molar-refractivity contribution is 0.0628. The highest BCUT2D eigenvalue weighted by molar-refractivity contribution is 7.89. The Bertz CT molecular complexity index is 1100. The number of amides is 1. The van der Waals surface area contributed by atoms with Crippen molar-refractivity contribution in [1.82, 2.24) is 14.2 Å². The number of hydrogen-bond acceptors (Lipinski definition) is 5. The number of carbonyl (C=O) groups excluding carboxylic acids is 1. The molecule has 1 fully saturated rings. The average molecular weight is 382 g/mol. The van der Waals surface area contributed by atoms with Crippen LogP contribution < -0.4 is 0 Å². The molecule has 0 N–H and O–H groups in total. The van der Waals surface area contributed by atoms with E-state index in [1.807, 2.05) is 6.07 Å². The van der Waals surface area contributed by atoms with Crippen molar-refractivity contribution >= 4 is 15.9 Å². The van der Waals surface area contributed by atoms with Gasteiger partial charge in [-0.05, 0) is 49.2 Å². The van der Waals surface area contributed by atoms with Crippen molar-refractivity contribution in [1.29, 1.82) is 5.26 Å². The van der Waals surface area contributed by atoms with Crippen LogP contribution in [-0.4, -0.2) is 48.1 Å². The van der Waals surface area contributed by atoms with Gasteiger partial charge in [-0.2, -0.15) is 9.57 Å². The van der Waals surface area contributed by atoms with Crippen LogP contribution in [0.3, 0.4) is 0 Å². The number of benzene rings is 1. The fourth-order valence-corrected chi connectivity index (χ4v) is 5.56. The van der Waals surface area contributed by atoms with Crippen LogP contribution in [0.5, 0.6) is 0 Å². The molecule has 0 radical (unpaired) electrons. The number of rotatable bonds is 2. The van der Waals surface area contributed by atoms with E-state index in [1.54, 1.807) is 37.1 Å². The number of pyridine rings is 1. The summed E-state index contributed by atoms with van der Waals surface area (Å²) in [7, 11) is -3.72. The molecule has 0 spiro atoms. The first-order valence-corrected chi connectivity index (χ1v) is 10.1. The highest BCUT2D eigenvalue weighted by atomic mass is 32.2. The van der Waals surface area contributed by atoms with Gasteiger partial charge in [-0.3, -0.25) is 9.78 Å². The molecule has 1 saturated heterocycles. The first kappa shape index (κ1) is 17.6. The molecule has 0 bridgehead atoms. The molecule has 3 heterocycles. The Morgan fingerprint density at radius 2 is 2.00 bits per heavy atom. The van der Waals surface area contributed by atoms with Crippen LogP contribution in [0.2, 0.25) is 0 Å². The van der Waals surface area contributed by atoms with Gasteiger partial charge in [0.15, 0.2) is 0 Å². The van der Waals surface area contributed by atoms with Gasteiger partial charge in [-0.1, -0.05) is 0 Å². The van der Waals surface area contributed by atoms with Crippen LogP contribution in [0.25, 0.3) is 0 Å². The molecule has 8 heteroatoms. The van der Waals surface area contributed by atoms with E-state index in [4.69, 9.17) is 5.26 Å². The normalized spacial score (nSPS) is 19.5. The molecule has 0 aliphatic carbocycles. The van der Waals surface area contributed by atoms with Crippen LogP contribution >= 0.6 is 0 Å². The predicted molar refractivity (Wildman–Crippen MR) is 97.4 cm³/mol. The van der Waals surface area contributed by atoms with Crippen molar-refractivity contribution in [3.8, 4) is 6.07 Å². The standard InChI is InChI=1S/C19H18N4O3S/c1-12-9-14(10-20)3-4-17(12)27(25,26)22-7-8-23-16(11-22)15-5-6-21-13(2)18(15)19(23)24/h3-6,9,16H,7-8,11H2,1-2H3. The summed E-state index contributed by atoms with van der Waals surface area (Å²) in [4.78, 5) is 18.8. The molecule has 7 nitrogen and oxygen atoms in total. The summed E-state index contributed by atoms with van der Waals surface area (Å²) in [5.41, 5.74) is 3.07. The smallest absolute Gasteiger partial charge is 0.256 e. The number of sulfonamides is 1. The van der Waals surface area contributed by atoms with Gasteiger partial charge in [0.25, 0.3) is 5.91 Å². The topological polar surface area (TPSA) is 94.4 Å². The molecule has 2 aromatic rings. The molecule has 1 aromatic carbocycles. The minimum absolute atomic E-state index is 0.0767. The third kappa shape index (κ3) is 2.62. The van der Waals surface area contributed by atoms with Crippen LogP contribution in [0.1, 0.15) is 38.8 Å². The minimum atomic E-state index is -3.72. The third-order valence-electron chi connectivity index (χ3n) is 5.27. The fourth-order valence-electron chi connectivity index (χ4n) is 3.92. The maximum absolute atomic E-state index is 13.2. The molecule has 27 heavy (non-hydrogen) atoms. The maximum Gasteiger partial charge on any atom is 0.256 e. The summed E-state index contributed by atoms with van der Waals surface area (Å²) in [6.07, 6.45) is 1.66. The number of aryl methyl sites for hydroxylation is 2. The SMILES string of the molecule is Cc1cc(C#N)ccc1S(=O)(=O)N1CCN2C(=O)c3c(ccnc3C)C2C1. The molecule has 1 aromatic heterocycles. The lowest BCUT2D eigenvalue weighted by atomic mass is 10.0. The largest absolute Gasteiger partial charge is 0.329 e. The number of fused-ring (bicyclic) bond motifs is 3. The van der Waals surface area contributed by atoms with Crippen LogP contribution in [0, 0.1) is 25.2 Å². The Labute approximate surface area is 157 Å². The summed E-state index contributed by atoms with van der Waals surface area (Å²) in [5, 5.41) is 9.00. The van der Waals surface area contributed by atoms with Crippen LogP contribution in [-0.2, 0) is 10.0 Å². The number of piperazine rings is 1. The third-order valence-corrected chi connectivity index (χ3v) is 7.30. The second-order valence-electron chi connectivity index (χ2n) is 6.83. The monoisotopic (exact) mass is 382 g/mol. The highest BCUT2D eigenvalue weighted by Crippen LogP contribution is 2.38. The van der Waals surface area contributed by atoms with Crippen molar-refractivity contribution in [2.45, 2.75) is 24.8 Å². The molecule has 1 unspecified atom stereocenters. The number of carbonyl (C=O) groups is 1. The van der Waals surface area contributed by atoms with Gasteiger partial charge in [-0.25, -0.2) is 8.42 Å². The Morgan fingerprint density at radius 3 is 2.70 bits per heavy atom. The van der Waals surface area contributed by atoms with Crippen molar-refractivity contribution < 1.29 is 13.2 Å². The summed E-state index contributed by atoms with van der Waals surface area (Å²) >= 11 is 0. The predicted octanol–water partition coefficient (Wildman–Crippen LogP) is 1.77. The van der Waals surface area contributed by atoms with E-state index in [0.717, 1.165) is 5.56 Å². The number of nitrogens with zero attached hydrogens (tertiary/aromatic N) is 4. The van der Waals surface area contributed by atoms with E-state index in [1.165, 1.54) is 16.4 Å². The second-order valence-corrected chi connectivity index (χ2v) is 8.74. The van der Waals surface area contributed by atoms with Gasteiger partial charge in [0.2, 0.25) is 10.0 Å². The van der Waals surface area contributed by atoms with Gasteiger partial charge in [0.1, 0.15) is 0 Å². The van der Waals surface area contributed by atoms with E-state index >= 15 is 0 Å². The Balaban J connectivity index is 1.70. The highest BCUT2D eigenvalue weighted by Gasteiger charge is 2.44. The minimum Gasteiger partial charge on any atom is -0.329 e. The van der Waals surface area contributed by atoms with Gasteiger partial charge in [-0.15, -0.1) is 0 Å². The number of hydrogen-bond donors (Lipinski definition) is 0.